The molecule has 174 valence electrons. The molecule has 1 atom stereocenters. The number of hydrogen-bond donors (Lipinski definition) is 1. The molecule has 3 rings (SSSR count). The number of carbonyl (C=O) groups excluding carboxylic acids is 1. The highest BCUT2D eigenvalue weighted by Gasteiger charge is 2.21. The van der Waals surface area contributed by atoms with E-state index in [1.807, 2.05) is 84.9 Å². The highest BCUT2D eigenvalue weighted by molar-refractivity contribution is 7.99. The van der Waals surface area contributed by atoms with Gasteiger partial charge in [0.05, 0.1) is 11.9 Å². The third-order valence-corrected chi connectivity index (χ3v) is 7.50. The number of carbonyl (C=O) groups is 1. The summed E-state index contributed by atoms with van der Waals surface area (Å²) >= 11 is 1.52. The number of sulfonamides is 1. The Morgan fingerprint density at radius 2 is 1.55 bits per heavy atom. The lowest BCUT2D eigenvalue weighted by atomic mass is 10.0. The maximum Gasteiger partial charge on any atom is 0.232 e. The van der Waals surface area contributed by atoms with Crippen molar-refractivity contribution in [2.45, 2.75) is 35.5 Å². The van der Waals surface area contributed by atoms with Crippen LogP contribution in [-0.4, -0.2) is 33.7 Å². The predicted octanol–water partition coefficient (Wildman–Crippen LogP) is 5.30. The topological polar surface area (TPSA) is 66.5 Å². The molecule has 3 aromatic carbocycles. The lowest BCUT2D eigenvalue weighted by Gasteiger charge is -2.24. The zero-order valence-corrected chi connectivity index (χ0v) is 20.6. The van der Waals surface area contributed by atoms with Gasteiger partial charge < -0.3 is 5.32 Å². The van der Waals surface area contributed by atoms with Crippen LogP contribution in [0, 0.1) is 0 Å². The molecule has 1 unspecified atom stereocenters. The van der Waals surface area contributed by atoms with E-state index in [4.69, 9.17) is 0 Å². The monoisotopic (exact) mass is 482 g/mol. The molecule has 0 aliphatic heterocycles. The predicted molar refractivity (Wildman–Crippen MR) is 136 cm³/mol. The van der Waals surface area contributed by atoms with Gasteiger partial charge in [-0.3, -0.25) is 9.10 Å². The number of amides is 1. The summed E-state index contributed by atoms with van der Waals surface area (Å²) in [5.41, 5.74) is 1.81. The molecule has 0 saturated carbocycles. The van der Waals surface area contributed by atoms with Crippen LogP contribution in [0.2, 0.25) is 0 Å². The van der Waals surface area contributed by atoms with Crippen LogP contribution in [0.4, 0.5) is 5.69 Å². The second kappa shape index (κ2) is 11.9. The van der Waals surface area contributed by atoms with Gasteiger partial charge in [-0.25, -0.2) is 8.42 Å². The first-order chi connectivity index (χ1) is 15.8. The van der Waals surface area contributed by atoms with E-state index in [9.17, 15) is 13.2 Å². The van der Waals surface area contributed by atoms with Crippen molar-refractivity contribution < 1.29 is 13.2 Å². The fraction of sp³-hybridized carbons (Fsp3) is 0.269. The SMILES string of the molecule is CC(CNC(=O)CCCN(c1ccccc1Sc1ccccc1)S(C)(=O)=O)c1ccccc1. The van der Waals surface area contributed by atoms with E-state index in [0.29, 0.717) is 18.7 Å². The number of anilines is 1. The summed E-state index contributed by atoms with van der Waals surface area (Å²) in [5, 5.41) is 2.97. The summed E-state index contributed by atoms with van der Waals surface area (Å²) in [4.78, 5) is 14.3. The van der Waals surface area contributed by atoms with Gasteiger partial charge in [-0.2, -0.15) is 0 Å². The minimum Gasteiger partial charge on any atom is -0.356 e. The molecular weight excluding hydrogens is 452 g/mol. The Labute approximate surface area is 201 Å². The number of para-hydroxylation sites is 1. The smallest absolute Gasteiger partial charge is 0.232 e. The van der Waals surface area contributed by atoms with Crippen molar-refractivity contribution in [3.05, 3.63) is 90.5 Å². The van der Waals surface area contributed by atoms with E-state index in [1.54, 1.807) is 0 Å². The van der Waals surface area contributed by atoms with Gasteiger partial charge in [0.1, 0.15) is 0 Å². The third-order valence-electron chi connectivity index (χ3n) is 5.24. The molecule has 7 heteroatoms. The Hall–Kier alpha value is -2.77. The van der Waals surface area contributed by atoms with Gasteiger partial charge in [0.15, 0.2) is 0 Å². The van der Waals surface area contributed by atoms with E-state index in [2.05, 4.69) is 12.2 Å². The van der Waals surface area contributed by atoms with Crippen LogP contribution in [0.5, 0.6) is 0 Å². The van der Waals surface area contributed by atoms with Crippen LogP contribution >= 0.6 is 11.8 Å². The molecule has 0 fully saturated rings. The second-order valence-electron chi connectivity index (χ2n) is 7.94. The maximum absolute atomic E-state index is 12.6. The largest absolute Gasteiger partial charge is 0.356 e. The Morgan fingerprint density at radius 1 is 0.939 bits per heavy atom. The summed E-state index contributed by atoms with van der Waals surface area (Å²) in [6.45, 7) is 2.87. The second-order valence-corrected chi connectivity index (χ2v) is 11.0. The molecule has 3 aromatic rings. The molecule has 1 N–H and O–H groups in total. The third kappa shape index (κ3) is 7.65. The van der Waals surface area contributed by atoms with Crippen LogP contribution in [-0.2, 0) is 14.8 Å². The van der Waals surface area contributed by atoms with Crippen molar-refractivity contribution in [3.8, 4) is 0 Å². The highest BCUT2D eigenvalue weighted by atomic mass is 32.2. The summed E-state index contributed by atoms with van der Waals surface area (Å²) in [5.74, 6) is 0.141. The number of nitrogens with one attached hydrogen (secondary N) is 1. The van der Waals surface area contributed by atoms with Crippen molar-refractivity contribution >= 4 is 33.4 Å². The average molecular weight is 483 g/mol. The minimum atomic E-state index is -3.50. The summed E-state index contributed by atoms with van der Waals surface area (Å²) in [6.07, 6.45) is 1.91. The summed E-state index contributed by atoms with van der Waals surface area (Å²) < 4.78 is 26.6. The first kappa shape index (κ1) is 24.9. The number of rotatable bonds is 11. The van der Waals surface area contributed by atoms with E-state index >= 15 is 0 Å². The fourth-order valence-corrected chi connectivity index (χ4v) is 5.48. The maximum atomic E-state index is 12.6. The number of hydrogen-bond acceptors (Lipinski definition) is 4. The molecule has 0 aliphatic carbocycles. The Morgan fingerprint density at radius 3 is 2.21 bits per heavy atom. The molecule has 0 heterocycles. The molecule has 0 radical (unpaired) electrons. The molecule has 5 nitrogen and oxygen atoms in total. The average Bonchev–Trinajstić information content (AvgIpc) is 2.81. The van der Waals surface area contributed by atoms with Gasteiger partial charge in [0, 0.05) is 29.3 Å². The zero-order valence-electron chi connectivity index (χ0n) is 19.0. The molecule has 0 saturated heterocycles. The van der Waals surface area contributed by atoms with Crippen LogP contribution in [0.15, 0.2) is 94.7 Å². The van der Waals surface area contributed by atoms with Crippen molar-refractivity contribution in [2.75, 3.05) is 23.7 Å². The normalized spacial score (nSPS) is 12.2. The van der Waals surface area contributed by atoms with Gasteiger partial charge >= 0.3 is 0 Å². The van der Waals surface area contributed by atoms with Gasteiger partial charge in [0.2, 0.25) is 15.9 Å². The van der Waals surface area contributed by atoms with E-state index in [0.717, 1.165) is 9.79 Å². The molecule has 33 heavy (non-hydrogen) atoms. The standard InChI is InChI=1S/C26H30N2O3S2/c1-21(22-12-5-3-6-13-22)20-27-26(29)18-11-19-28(33(2,30)31)24-16-9-10-17-25(24)32-23-14-7-4-8-15-23/h3-10,12-17,21H,11,18-20H2,1-2H3,(H,27,29). The molecule has 1 amide bonds. The van der Waals surface area contributed by atoms with Crippen molar-refractivity contribution in [1.82, 2.24) is 5.32 Å². The summed E-state index contributed by atoms with van der Waals surface area (Å²) in [7, 11) is -3.50. The first-order valence-corrected chi connectivity index (χ1v) is 13.6. The zero-order chi connectivity index (χ0) is 23.7. The quantitative estimate of drug-likeness (QED) is 0.403. The lowest BCUT2D eigenvalue weighted by molar-refractivity contribution is -0.121. The van der Waals surface area contributed by atoms with Gasteiger partial charge in [0.25, 0.3) is 0 Å². The van der Waals surface area contributed by atoms with Gasteiger partial charge in [-0.1, -0.05) is 79.3 Å². The number of benzene rings is 3. The van der Waals surface area contributed by atoms with Crippen LogP contribution < -0.4 is 9.62 Å². The fourth-order valence-electron chi connectivity index (χ4n) is 3.47. The molecule has 0 bridgehead atoms. The lowest BCUT2D eigenvalue weighted by Crippen LogP contribution is -2.33. The Bertz CT molecular complexity index is 1140. The van der Waals surface area contributed by atoms with E-state index in [-0.39, 0.29) is 24.8 Å². The Balaban J connectivity index is 1.60. The summed E-state index contributed by atoms with van der Waals surface area (Å²) in [6, 6.07) is 27.4. The van der Waals surface area contributed by atoms with Crippen molar-refractivity contribution in [3.63, 3.8) is 0 Å². The highest BCUT2D eigenvalue weighted by Crippen LogP contribution is 2.36. The van der Waals surface area contributed by atoms with Crippen LogP contribution in [0.3, 0.4) is 0 Å². The van der Waals surface area contributed by atoms with Crippen LogP contribution in [0.25, 0.3) is 0 Å². The molecule has 0 spiro atoms. The van der Waals surface area contributed by atoms with Crippen LogP contribution in [0.1, 0.15) is 31.2 Å². The van der Waals surface area contributed by atoms with Crippen molar-refractivity contribution in [2.24, 2.45) is 0 Å². The molecule has 0 aromatic heterocycles. The molecular formula is C26H30N2O3S2. The van der Waals surface area contributed by atoms with E-state index < -0.39 is 10.0 Å². The van der Waals surface area contributed by atoms with Gasteiger partial charge in [-0.05, 0) is 42.2 Å². The number of nitrogens with zero attached hydrogens (tertiary/aromatic N) is 1. The van der Waals surface area contributed by atoms with Gasteiger partial charge in [-0.15, -0.1) is 0 Å². The Kier molecular flexibility index (Phi) is 8.97. The van der Waals surface area contributed by atoms with Crippen molar-refractivity contribution in [1.29, 1.82) is 0 Å². The molecule has 0 aliphatic rings. The first-order valence-electron chi connectivity index (χ1n) is 11.0. The van der Waals surface area contributed by atoms with E-state index in [1.165, 1.54) is 27.9 Å². The minimum absolute atomic E-state index is 0.0711.